The van der Waals surface area contributed by atoms with Crippen molar-refractivity contribution < 1.29 is 14.5 Å². The van der Waals surface area contributed by atoms with E-state index in [2.05, 4.69) is 15.1 Å². The Morgan fingerprint density at radius 2 is 1.92 bits per heavy atom. The number of aromatic nitrogens is 2. The summed E-state index contributed by atoms with van der Waals surface area (Å²) in [5.41, 5.74) is 5.11. The fourth-order valence-corrected chi connectivity index (χ4v) is 3.40. The lowest BCUT2D eigenvalue weighted by atomic mass is 10.1. The summed E-state index contributed by atoms with van der Waals surface area (Å²) in [6, 6.07) is 4.73. The van der Waals surface area contributed by atoms with Gasteiger partial charge in [-0.25, -0.2) is 4.79 Å². The first-order valence-electron chi connectivity index (χ1n) is 8.44. The second-order valence-electron chi connectivity index (χ2n) is 6.47. The predicted molar refractivity (Wildman–Crippen MR) is 94.3 cm³/mol. The molecule has 1 aromatic carbocycles. The fraction of sp³-hybridized carbons (Fsp3) is 0.438. The van der Waals surface area contributed by atoms with Crippen LogP contribution in [0.1, 0.15) is 12.8 Å². The van der Waals surface area contributed by atoms with Crippen LogP contribution in [0.3, 0.4) is 0 Å². The third-order valence-corrected chi connectivity index (χ3v) is 4.82. The van der Waals surface area contributed by atoms with Crippen LogP contribution in [-0.4, -0.2) is 53.5 Å². The molecule has 2 N–H and O–H groups in total. The third kappa shape index (κ3) is 2.83. The molecule has 136 valence electrons. The van der Waals surface area contributed by atoms with Crippen molar-refractivity contribution in [2.45, 2.75) is 18.9 Å². The lowest BCUT2D eigenvalue weighted by molar-refractivity contribution is -0.384. The van der Waals surface area contributed by atoms with Crippen molar-refractivity contribution in [3.8, 4) is 0 Å². The second kappa shape index (κ2) is 6.28. The van der Waals surface area contributed by atoms with Crippen LogP contribution in [0.25, 0.3) is 10.8 Å². The van der Waals surface area contributed by atoms with Crippen molar-refractivity contribution in [3.63, 3.8) is 0 Å². The lowest BCUT2D eigenvalue weighted by Crippen LogP contribution is -2.38. The van der Waals surface area contributed by atoms with Crippen LogP contribution < -0.4 is 15.5 Å². The van der Waals surface area contributed by atoms with Gasteiger partial charge >= 0.3 is 6.09 Å². The largest absolute Gasteiger partial charge is 0.444 e. The Hall–Kier alpha value is -3.17. The van der Waals surface area contributed by atoms with Crippen LogP contribution in [0, 0.1) is 10.1 Å². The highest BCUT2D eigenvalue weighted by atomic mass is 16.6. The van der Waals surface area contributed by atoms with Gasteiger partial charge in [-0.15, -0.1) is 10.2 Å². The van der Waals surface area contributed by atoms with Crippen LogP contribution in [-0.2, 0) is 4.74 Å². The van der Waals surface area contributed by atoms with Crippen LogP contribution in [0.2, 0.25) is 0 Å². The van der Waals surface area contributed by atoms with Crippen molar-refractivity contribution >= 4 is 34.2 Å². The van der Waals surface area contributed by atoms with Gasteiger partial charge in [0.05, 0.1) is 11.5 Å². The van der Waals surface area contributed by atoms with Gasteiger partial charge in [0.2, 0.25) is 0 Å². The Morgan fingerprint density at radius 1 is 1.19 bits per heavy atom. The molecule has 2 fully saturated rings. The minimum absolute atomic E-state index is 0.0228. The number of nitrogens with zero attached hydrogens (tertiary/aromatic N) is 5. The molecule has 2 aliphatic heterocycles. The van der Waals surface area contributed by atoms with E-state index in [1.807, 2.05) is 4.90 Å². The Balaban J connectivity index is 1.74. The van der Waals surface area contributed by atoms with E-state index in [1.54, 1.807) is 12.1 Å². The average Bonchev–Trinajstić information content (AvgIpc) is 3.00. The molecule has 1 aromatic heterocycles. The van der Waals surface area contributed by atoms with Crippen molar-refractivity contribution in [2.75, 3.05) is 36.0 Å². The number of benzene rings is 1. The number of non-ortho nitro benzene ring substituents is 1. The zero-order valence-corrected chi connectivity index (χ0v) is 14.0. The highest BCUT2D eigenvalue weighted by Gasteiger charge is 2.29. The van der Waals surface area contributed by atoms with E-state index >= 15 is 0 Å². The molecule has 26 heavy (non-hydrogen) atoms. The van der Waals surface area contributed by atoms with Crippen molar-refractivity contribution in [1.29, 1.82) is 0 Å². The molecule has 10 heteroatoms. The number of nitro benzene ring substituents is 1. The van der Waals surface area contributed by atoms with Crippen LogP contribution in [0.15, 0.2) is 18.2 Å². The number of carbonyl (C=O) groups is 1. The number of anilines is 2. The molecule has 10 nitrogen and oxygen atoms in total. The summed E-state index contributed by atoms with van der Waals surface area (Å²) in [5.74, 6) is 1.30. The molecule has 2 saturated heterocycles. The van der Waals surface area contributed by atoms with Crippen molar-refractivity contribution in [1.82, 2.24) is 10.2 Å². The maximum absolute atomic E-state index is 11.2. The Labute approximate surface area is 148 Å². The minimum Gasteiger partial charge on any atom is -0.444 e. The summed E-state index contributed by atoms with van der Waals surface area (Å²) in [7, 11) is 0. The van der Waals surface area contributed by atoms with Gasteiger partial charge in [-0.3, -0.25) is 10.1 Å². The number of nitro groups is 1. The summed E-state index contributed by atoms with van der Waals surface area (Å²) in [6.07, 6.45) is 0.624. The number of primary amides is 1. The summed E-state index contributed by atoms with van der Waals surface area (Å²) in [5, 5.41) is 21.4. The average molecular weight is 358 g/mol. The molecular formula is C16H18N6O4. The number of nitrogens with two attached hydrogens (primary N) is 1. The quantitative estimate of drug-likeness (QED) is 0.642. The molecular weight excluding hydrogens is 340 g/mol. The van der Waals surface area contributed by atoms with E-state index in [9.17, 15) is 14.9 Å². The Bertz CT molecular complexity index is 884. The smallest absolute Gasteiger partial charge is 0.404 e. The van der Waals surface area contributed by atoms with Crippen molar-refractivity contribution in [3.05, 3.63) is 28.3 Å². The Morgan fingerprint density at radius 3 is 2.54 bits per heavy atom. The standard InChI is InChI=1S/C16H18N6O4/c17-16(23)26-11-4-7-21(9-11)14-12-3-2-10(22(24)25)8-13(12)15(19-18-14)20-5-1-6-20/h2-3,8,11H,1,4-7,9H2,(H2,17,23). The monoisotopic (exact) mass is 358 g/mol. The third-order valence-electron chi connectivity index (χ3n) is 4.82. The number of carbonyl (C=O) groups excluding carboxylic acids is 1. The zero-order chi connectivity index (χ0) is 18.3. The van der Waals surface area contributed by atoms with E-state index in [1.165, 1.54) is 6.07 Å². The van der Waals surface area contributed by atoms with Crippen LogP contribution in [0.4, 0.5) is 22.1 Å². The zero-order valence-electron chi connectivity index (χ0n) is 14.0. The Kier molecular flexibility index (Phi) is 3.94. The van der Waals surface area contributed by atoms with Crippen molar-refractivity contribution in [2.24, 2.45) is 5.73 Å². The molecule has 0 radical (unpaired) electrons. The van der Waals surface area contributed by atoms with Gasteiger partial charge in [0.1, 0.15) is 6.10 Å². The molecule has 3 heterocycles. The minimum atomic E-state index is -0.795. The number of ether oxygens (including phenoxy) is 1. The van der Waals surface area contributed by atoms with Gasteiger partial charge < -0.3 is 20.3 Å². The maximum atomic E-state index is 11.2. The number of rotatable bonds is 4. The first kappa shape index (κ1) is 16.3. The normalized spacial score (nSPS) is 19.5. The number of hydrogen-bond acceptors (Lipinski definition) is 8. The molecule has 0 aliphatic carbocycles. The van der Waals surface area contributed by atoms with Crippen LogP contribution in [0.5, 0.6) is 0 Å². The van der Waals surface area contributed by atoms with Gasteiger partial charge in [0.15, 0.2) is 11.6 Å². The molecule has 2 aromatic rings. The van der Waals surface area contributed by atoms with Crippen LogP contribution >= 0.6 is 0 Å². The molecule has 0 spiro atoms. The van der Waals surface area contributed by atoms with Gasteiger partial charge in [-0.1, -0.05) is 0 Å². The topological polar surface area (TPSA) is 128 Å². The number of hydrogen-bond donors (Lipinski definition) is 1. The van der Waals surface area contributed by atoms with E-state index in [0.29, 0.717) is 36.5 Å². The maximum Gasteiger partial charge on any atom is 0.404 e. The van der Waals surface area contributed by atoms with Gasteiger partial charge in [0.25, 0.3) is 5.69 Å². The fourth-order valence-electron chi connectivity index (χ4n) is 3.40. The highest BCUT2D eigenvalue weighted by molar-refractivity contribution is 6.00. The van der Waals surface area contributed by atoms with E-state index < -0.39 is 11.0 Å². The first-order chi connectivity index (χ1) is 12.5. The van der Waals surface area contributed by atoms with Gasteiger partial charge in [0, 0.05) is 49.0 Å². The SMILES string of the molecule is NC(=O)OC1CCN(c2nnc(N3CCC3)c3cc([N+](=O)[O-])ccc23)C1. The summed E-state index contributed by atoms with van der Waals surface area (Å²) in [4.78, 5) is 25.8. The molecule has 1 amide bonds. The molecule has 4 rings (SSSR count). The molecule has 0 bridgehead atoms. The summed E-state index contributed by atoms with van der Waals surface area (Å²) in [6.45, 7) is 2.84. The highest BCUT2D eigenvalue weighted by Crippen LogP contribution is 2.35. The molecule has 1 atom stereocenters. The van der Waals surface area contributed by atoms with E-state index in [4.69, 9.17) is 10.5 Å². The first-order valence-corrected chi connectivity index (χ1v) is 8.44. The van der Waals surface area contributed by atoms with E-state index in [0.717, 1.165) is 24.9 Å². The molecule has 2 aliphatic rings. The molecule has 0 saturated carbocycles. The van der Waals surface area contributed by atoms with Gasteiger partial charge in [-0.2, -0.15) is 0 Å². The number of amides is 1. The molecule has 1 unspecified atom stereocenters. The van der Waals surface area contributed by atoms with Gasteiger partial charge in [-0.05, 0) is 12.5 Å². The summed E-state index contributed by atoms with van der Waals surface area (Å²) < 4.78 is 5.07. The van der Waals surface area contributed by atoms with E-state index in [-0.39, 0.29) is 11.8 Å². The summed E-state index contributed by atoms with van der Waals surface area (Å²) >= 11 is 0. The predicted octanol–water partition coefficient (Wildman–Crippen LogP) is 1.42. The lowest BCUT2D eigenvalue weighted by Gasteiger charge is -2.32. The number of fused-ring (bicyclic) bond motifs is 1. The second-order valence-corrected chi connectivity index (χ2v) is 6.47.